The third kappa shape index (κ3) is 8.28. The predicted octanol–water partition coefficient (Wildman–Crippen LogP) is 1.97. The fourth-order valence-corrected chi connectivity index (χ4v) is 4.70. The quantitative estimate of drug-likeness (QED) is 0.185. The van der Waals surface area contributed by atoms with Crippen LogP contribution in [0.2, 0.25) is 0 Å². The lowest BCUT2D eigenvalue weighted by Gasteiger charge is -2.14. The first kappa shape index (κ1) is 24.8. The molecule has 31 heavy (non-hydrogen) atoms. The maximum absolute atomic E-state index is 11.5. The molecule has 1 unspecified atom stereocenters. The van der Waals surface area contributed by atoms with Gasteiger partial charge in [-0.15, -0.1) is 0 Å². The summed E-state index contributed by atoms with van der Waals surface area (Å²) in [7, 11) is 3.07. The number of imide groups is 2. The van der Waals surface area contributed by atoms with Gasteiger partial charge in [0, 0.05) is 36.7 Å². The summed E-state index contributed by atoms with van der Waals surface area (Å²) in [5.41, 5.74) is 0. The van der Waals surface area contributed by atoms with Crippen molar-refractivity contribution in [2.75, 3.05) is 19.0 Å². The summed E-state index contributed by atoms with van der Waals surface area (Å²) < 4.78 is 9.67. The van der Waals surface area contributed by atoms with Crippen molar-refractivity contribution in [3.05, 3.63) is 0 Å². The van der Waals surface area contributed by atoms with E-state index in [9.17, 15) is 28.8 Å². The van der Waals surface area contributed by atoms with Gasteiger partial charge in [0.25, 0.3) is 23.6 Å². The molecular formula is C17H22N2O10S2. The Labute approximate surface area is 185 Å². The summed E-state index contributed by atoms with van der Waals surface area (Å²) in [5.74, 6) is -1.63. The first-order valence-corrected chi connectivity index (χ1v) is 11.9. The van der Waals surface area contributed by atoms with Crippen LogP contribution in [-0.4, -0.2) is 70.3 Å². The predicted molar refractivity (Wildman–Crippen MR) is 106 cm³/mol. The van der Waals surface area contributed by atoms with Crippen molar-refractivity contribution in [1.29, 1.82) is 0 Å². The van der Waals surface area contributed by atoms with Crippen LogP contribution in [0, 0.1) is 0 Å². The van der Waals surface area contributed by atoms with Crippen LogP contribution in [0.1, 0.15) is 45.4 Å². The average molecular weight is 479 g/mol. The molecule has 2 aliphatic heterocycles. The van der Waals surface area contributed by atoms with E-state index >= 15 is 0 Å². The summed E-state index contributed by atoms with van der Waals surface area (Å²) in [6, 6.07) is 0. The maximum Gasteiger partial charge on any atom is 0.533 e. The summed E-state index contributed by atoms with van der Waals surface area (Å²) in [6.45, 7) is 2.06. The third-order valence-corrected chi connectivity index (χ3v) is 6.96. The van der Waals surface area contributed by atoms with Crippen molar-refractivity contribution in [3.8, 4) is 0 Å². The van der Waals surface area contributed by atoms with Gasteiger partial charge in [-0.25, -0.2) is 9.59 Å². The van der Waals surface area contributed by atoms with E-state index in [1.165, 1.54) is 10.8 Å². The molecule has 0 aliphatic carbocycles. The van der Waals surface area contributed by atoms with E-state index in [0.29, 0.717) is 28.7 Å². The molecule has 172 valence electrons. The van der Waals surface area contributed by atoms with Gasteiger partial charge < -0.3 is 9.47 Å². The molecule has 0 bridgehead atoms. The molecule has 2 heterocycles. The summed E-state index contributed by atoms with van der Waals surface area (Å²) in [6.07, 6.45) is -1.09. The minimum Gasteiger partial charge on any atom is -0.433 e. The highest BCUT2D eigenvalue weighted by molar-refractivity contribution is 8.76. The van der Waals surface area contributed by atoms with Gasteiger partial charge in [0.2, 0.25) is 0 Å². The van der Waals surface area contributed by atoms with Crippen LogP contribution in [0.3, 0.4) is 0 Å². The van der Waals surface area contributed by atoms with E-state index in [1.807, 2.05) is 6.92 Å². The first-order chi connectivity index (χ1) is 14.8. The van der Waals surface area contributed by atoms with E-state index in [-0.39, 0.29) is 44.1 Å². The minimum atomic E-state index is -1.10. The zero-order valence-electron chi connectivity index (χ0n) is 16.7. The van der Waals surface area contributed by atoms with Gasteiger partial charge in [-0.05, 0) is 12.8 Å². The molecule has 14 heteroatoms. The SMILES string of the molecule is CC(CCOC(=O)ON1C(=O)CCC1=O)SSCCCOC(=O)ON1C(=O)CCC1=O. The number of carbonyl (C=O) groups is 6. The highest BCUT2D eigenvalue weighted by Gasteiger charge is 2.34. The standard InChI is InChI=1S/C17H22N2O10S2/c1-11(7-9-27-17(25)29-19-14(22)5-6-15(19)23)31-30-10-2-8-26-16(24)28-18-12(20)3-4-13(18)21/h11H,2-10H2,1H3. The van der Waals surface area contributed by atoms with E-state index in [4.69, 9.17) is 9.47 Å². The minimum absolute atomic E-state index is 0.0149. The highest BCUT2D eigenvalue weighted by Crippen LogP contribution is 2.29. The molecule has 2 saturated heterocycles. The van der Waals surface area contributed by atoms with Crippen molar-refractivity contribution in [2.45, 2.75) is 50.7 Å². The number of amides is 4. The monoisotopic (exact) mass is 478 g/mol. The molecule has 2 rings (SSSR count). The largest absolute Gasteiger partial charge is 0.533 e. The fourth-order valence-electron chi connectivity index (χ4n) is 2.31. The molecule has 0 spiro atoms. The number of nitrogens with zero attached hydrogens (tertiary/aromatic N) is 2. The number of rotatable bonds is 11. The third-order valence-electron chi connectivity index (χ3n) is 3.91. The van der Waals surface area contributed by atoms with E-state index < -0.39 is 35.9 Å². The van der Waals surface area contributed by atoms with Gasteiger partial charge in [0.05, 0.1) is 13.2 Å². The van der Waals surface area contributed by atoms with E-state index in [1.54, 1.807) is 10.8 Å². The van der Waals surface area contributed by atoms with Gasteiger partial charge in [-0.2, -0.15) is 0 Å². The highest BCUT2D eigenvalue weighted by atomic mass is 33.1. The van der Waals surface area contributed by atoms with Gasteiger partial charge in [0.15, 0.2) is 0 Å². The smallest absolute Gasteiger partial charge is 0.433 e. The molecule has 0 N–H and O–H groups in total. The van der Waals surface area contributed by atoms with Crippen molar-refractivity contribution in [2.24, 2.45) is 0 Å². The van der Waals surface area contributed by atoms with Crippen LogP contribution in [0.5, 0.6) is 0 Å². The average Bonchev–Trinajstić information content (AvgIpc) is 3.20. The second-order valence-corrected chi connectivity index (χ2v) is 9.34. The Morgan fingerprint density at radius 2 is 1.29 bits per heavy atom. The zero-order valence-corrected chi connectivity index (χ0v) is 18.4. The number of hydrogen-bond donors (Lipinski definition) is 0. The molecule has 1 atom stereocenters. The Hall–Kier alpha value is -2.48. The summed E-state index contributed by atoms with van der Waals surface area (Å²) in [4.78, 5) is 77.4. The molecular weight excluding hydrogens is 456 g/mol. The van der Waals surface area contributed by atoms with Gasteiger partial charge in [-0.3, -0.25) is 28.9 Å². The Bertz CT molecular complexity index is 700. The van der Waals surface area contributed by atoms with Crippen LogP contribution in [0.15, 0.2) is 0 Å². The van der Waals surface area contributed by atoms with Crippen molar-refractivity contribution in [3.63, 3.8) is 0 Å². The number of carbonyl (C=O) groups excluding carboxylic acids is 6. The van der Waals surface area contributed by atoms with Crippen molar-refractivity contribution < 1.29 is 47.9 Å². The van der Waals surface area contributed by atoms with Crippen LogP contribution >= 0.6 is 21.6 Å². The van der Waals surface area contributed by atoms with Crippen LogP contribution in [0.25, 0.3) is 0 Å². The molecule has 0 aromatic carbocycles. The topological polar surface area (TPSA) is 146 Å². The van der Waals surface area contributed by atoms with Gasteiger partial charge >= 0.3 is 12.3 Å². The molecule has 0 saturated carbocycles. The van der Waals surface area contributed by atoms with Crippen LogP contribution in [0.4, 0.5) is 9.59 Å². The lowest BCUT2D eigenvalue weighted by molar-refractivity contribution is -0.177. The zero-order chi connectivity index (χ0) is 22.8. The van der Waals surface area contributed by atoms with Crippen molar-refractivity contribution in [1.82, 2.24) is 10.1 Å². The Morgan fingerprint density at radius 3 is 1.77 bits per heavy atom. The molecule has 2 fully saturated rings. The Balaban J connectivity index is 1.45. The second-order valence-electron chi connectivity index (χ2n) is 6.41. The second kappa shape index (κ2) is 12.4. The number of ether oxygens (including phenoxy) is 2. The summed E-state index contributed by atoms with van der Waals surface area (Å²) in [5, 5.41) is 0.980. The van der Waals surface area contributed by atoms with E-state index in [0.717, 1.165) is 0 Å². The molecule has 0 aromatic heterocycles. The summed E-state index contributed by atoms with van der Waals surface area (Å²) >= 11 is 0. The van der Waals surface area contributed by atoms with Gasteiger partial charge in [-0.1, -0.05) is 38.6 Å². The van der Waals surface area contributed by atoms with Crippen LogP contribution in [-0.2, 0) is 38.3 Å². The van der Waals surface area contributed by atoms with Gasteiger partial charge in [0.1, 0.15) is 0 Å². The molecule has 0 radical (unpaired) electrons. The first-order valence-electron chi connectivity index (χ1n) is 9.47. The van der Waals surface area contributed by atoms with Crippen molar-refractivity contribution >= 4 is 57.5 Å². The Morgan fingerprint density at radius 1 is 0.839 bits per heavy atom. The molecule has 2 aliphatic rings. The molecule has 4 amide bonds. The van der Waals surface area contributed by atoms with E-state index in [2.05, 4.69) is 9.68 Å². The molecule has 12 nitrogen and oxygen atoms in total. The number of hydroxylamine groups is 4. The van der Waals surface area contributed by atoms with Crippen LogP contribution < -0.4 is 0 Å². The lowest BCUT2D eigenvalue weighted by Crippen LogP contribution is -2.32. The lowest BCUT2D eigenvalue weighted by atomic mass is 10.3. The Kier molecular flexibility index (Phi) is 9.91. The molecule has 0 aromatic rings. The maximum atomic E-state index is 11.5. The fraction of sp³-hybridized carbons (Fsp3) is 0.647. The number of hydrogen-bond acceptors (Lipinski definition) is 12. The normalized spacial score (nSPS) is 17.2.